The maximum Gasteiger partial charge on any atom is 0.179 e. The fourth-order valence-corrected chi connectivity index (χ4v) is 5.33. The Morgan fingerprint density at radius 1 is 0.882 bits per heavy atom. The molecule has 2 saturated heterocycles. The lowest BCUT2D eigenvalue weighted by molar-refractivity contribution is 0.0834. The number of fused-ring (bicyclic) bond motifs is 3. The number of aromatic nitrogens is 5. The Balaban J connectivity index is 1.31. The molecule has 0 N–H and O–H groups in total. The molecule has 0 saturated carbocycles. The molecule has 0 atom stereocenters. The number of ether oxygens (including phenoxy) is 1. The number of hydrogen-bond acceptors (Lipinski definition) is 7. The van der Waals surface area contributed by atoms with Crippen molar-refractivity contribution in [3.8, 4) is 11.1 Å². The molecule has 4 aromatic rings. The predicted molar refractivity (Wildman–Crippen MR) is 133 cm³/mol. The monoisotopic (exact) mass is 457 g/mol. The van der Waals surface area contributed by atoms with E-state index < -0.39 is 0 Å². The molecule has 34 heavy (non-hydrogen) atoms. The standard InChI is InChI=1S/C26H31N7O/c1-31(2)21-7-11-32(12-8-21)24-6-4-20(16-28-24)19-3-5-22-23(15-19)33-25(17-27-22)29-30-26(33)18-9-13-34-14-10-18/h3-6,15-18,21H,7-14H2,1-2H3. The van der Waals surface area contributed by atoms with Crippen molar-refractivity contribution in [1.29, 1.82) is 0 Å². The van der Waals surface area contributed by atoms with Gasteiger partial charge in [-0.15, -0.1) is 10.2 Å². The molecule has 0 unspecified atom stereocenters. The quantitative estimate of drug-likeness (QED) is 0.462. The zero-order valence-electron chi connectivity index (χ0n) is 19.9. The number of nitrogens with zero attached hydrogens (tertiary/aromatic N) is 7. The number of hydrogen-bond donors (Lipinski definition) is 0. The maximum absolute atomic E-state index is 5.56. The molecule has 2 fully saturated rings. The van der Waals surface area contributed by atoms with Gasteiger partial charge in [0.15, 0.2) is 5.65 Å². The van der Waals surface area contributed by atoms with Crippen LogP contribution in [-0.2, 0) is 4.74 Å². The highest BCUT2D eigenvalue weighted by molar-refractivity contribution is 5.83. The lowest BCUT2D eigenvalue weighted by atomic mass is 9.99. The first-order valence-corrected chi connectivity index (χ1v) is 12.3. The summed E-state index contributed by atoms with van der Waals surface area (Å²) in [5.74, 6) is 2.43. The third kappa shape index (κ3) is 3.91. The summed E-state index contributed by atoms with van der Waals surface area (Å²) >= 11 is 0. The lowest BCUT2D eigenvalue weighted by Crippen LogP contribution is -2.42. The molecule has 8 nitrogen and oxygen atoms in total. The minimum Gasteiger partial charge on any atom is -0.381 e. The van der Waals surface area contributed by atoms with E-state index in [1.54, 1.807) is 0 Å². The van der Waals surface area contributed by atoms with Crippen molar-refractivity contribution < 1.29 is 4.74 Å². The summed E-state index contributed by atoms with van der Waals surface area (Å²) in [6.45, 7) is 3.66. The smallest absolute Gasteiger partial charge is 0.179 e. The second kappa shape index (κ2) is 8.92. The van der Waals surface area contributed by atoms with Crippen molar-refractivity contribution in [3.63, 3.8) is 0 Å². The molecule has 0 radical (unpaired) electrons. The Labute approximate surface area is 199 Å². The molecule has 0 bridgehead atoms. The number of anilines is 1. The molecular weight excluding hydrogens is 426 g/mol. The summed E-state index contributed by atoms with van der Waals surface area (Å²) in [6, 6.07) is 11.4. The molecule has 0 amide bonds. The molecule has 6 rings (SSSR count). The first-order chi connectivity index (χ1) is 16.7. The van der Waals surface area contributed by atoms with Gasteiger partial charge in [-0.1, -0.05) is 6.07 Å². The minimum absolute atomic E-state index is 0.357. The Kier molecular flexibility index (Phi) is 5.63. The van der Waals surface area contributed by atoms with Gasteiger partial charge in [0, 0.05) is 50.0 Å². The summed E-state index contributed by atoms with van der Waals surface area (Å²) in [4.78, 5) is 14.2. The lowest BCUT2D eigenvalue weighted by Gasteiger charge is -2.35. The van der Waals surface area contributed by atoms with E-state index in [-0.39, 0.29) is 0 Å². The van der Waals surface area contributed by atoms with Crippen LogP contribution < -0.4 is 4.90 Å². The summed E-state index contributed by atoms with van der Waals surface area (Å²) in [7, 11) is 4.35. The van der Waals surface area contributed by atoms with Crippen molar-refractivity contribution in [1.82, 2.24) is 29.5 Å². The van der Waals surface area contributed by atoms with Gasteiger partial charge in [0.25, 0.3) is 0 Å². The first-order valence-electron chi connectivity index (χ1n) is 12.3. The largest absolute Gasteiger partial charge is 0.381 e. The van der Waals surface area contributed by atoms with E-state index in [0.717, 1.165) is 78.6 Å². The van der Waals surface area contributed by atoms with Gasteiger partial charge in [-0.05, 0) is 69.6 Å². The van der Waals surface area contributed by atoms with Gasteiger partial charge >= 0.3 is 0 Å². The van der Waals surface area contributed by atoms with Crippen LogP contribution >= 0.6 is 0 Å². The van der Waals surface area contributed by atoms with E-state index in [2.05, 4.69) is 73.8 Å². The zero-order chi connectivity index (χ0) is 23.1. The van der Waals surface area contributed by atoms with E-state index in [9.17, 15) is 0 Å². The Hall–Kier alpha value is -3.10. The third-order valence-corrected chi connectivity index (χ3v) is 7.43. The van der Waals surface area contributed by atoms with Crippen LogP contribution in [0, 0.1) is 0 Å². The van der Waals surface area contributed by atoms with Crippen LogP contribution in [0.2, 0.25) is 0 Å². The number of pyridine rings is 1. The molecule has 2 aliphatic rings. The molecule has 0 spiro atoms. The van der Waals surface area contributed by atoms with Crippen molar-refractivity contribution in [3.05, 3.63) is 48.5 Å². The van der Waals surface area contributed by atoms with Gasteiger partial charge in [0.1, 0.15) is 11.6 Å². The molecule has 8 heteroatoms. The zero-order valence-corrected chi connectivity index (χ0v) is 19.9. The molecule has 5 heterocycles. The van der Waals surface area contributed by atoms with Gasteiger partial charge in [0.2, 0.25) is 0 Å². The second-order valence-corrected chi connectivity index (χ2v) is 9.69. The molecule has 0 aliphatic carbocycles. The highest BCUT2D eigenvalue weighted by Gasteiger charge is 2.23. The van der Waals surface area contributed by atoms with Crippen LogP contribution in [0.1, 0.15) is 37.4 Å². The average Bonchev–Trinajstić information content (AvgIpc) is 3.34. The van der Waals surface area contributed by atoms with Gasteiger partial charge in [-0.25, -0.2) is 4.98 Å². The molecular formula is C26H31N7O. The van der Waals surface area contributed by atoms with Crippen LogP contribution in [0.25, 0.3) is 27.8 Å². The maximum atomic E-state index is 5.56. The number of piperidine rings is 1. The molecule has 1 aromatic carbocycles. The minimum atomic E-state index is 0.357. The van der Waals surface area contributed by atoms with E-state index >= 15 is 0 Å². The van der Waals surface area contributed by atoms with E-state index in [1.807, 2.05) is 12.4 Å². The molecule has 176 valence electrons. The normalized spacial score (nSPS) is 18.4. The van der Waals surface area contributed by atoms with Crippen LogP contribution in [0.4, 0.5) is 5.82 Å². The number of benzene rings is 1. The Morgan fingerprint density at radius 2 is 1.68 bits per heavy atom. The molecule has 3 aromatic heterocycles. The summed E-state index contributed by atoms with van der Waals surface area (Å²) in [5, 5.41) is 8.96. The van der Waals surface area contributed by atoms with Crippen LogP contribution in [0.5, 0.6) is 0 Å². The van der Waals surface area contributed by atoms with E-state index in [1.165, 1.54) is 12.8 Å². The highest BCUT2D eigenvalue weighted by atomic mass is 16.5. The second-order valence-electron chi connectivity index (χ2n) is 9.69. The van der Waals surface area contributed by atoms with E-state index in [0.29, 0.717) is 12.0 Å². The van der Waals surface area contributed by atoms with Crippen LogP contribution in [0.15, 0.2) is 42.7 Å². The SMILES string of the molecule is CN(C)C1CCN(c2ccc(-c3ccc4ncc5nnc(C6CCOCC6)n5c4c3)cn2)CC1. The fraction of sp³-hybridized carbons (Fsp3) is 0.462. The van der Waals surface area contributed by atoms with E-state index in [4.69, 9.17) is 9.72 Å². The third-order valence-electron chi connectivity index (χ3n) is 7.43. The van der Waals surface area contributed by atoms with Crippen LogP contribution in [-0.4, -0.2) is 75.9 Å². The summed E-state index contributed by atoms with van der Waals surface area (Å²) in [6.07, 6.45) is 8.11. The molecule has 2 aliphatic heterocycles. The fourth-order valence-electron chi connectivity index (χ4n) is 5.33. The number of rotatable bonds is 4. The summed E-state index contributed by atoms with van der Waals surface area (Å²) in [5.41, 5.74) is 5.00. The van der Waals surface area contributed by atoms with Crippen molar-refractivity contribution >= 4 is 22.5 Å². The summed E-state index contributed by atoms with van der Waals surface area (Å²) < 4.78 is 7.74. The van der Waals surface area contributed by atoms with Gasteiger partial charge < -0.3 is 14.5 Å². The van der Waals surface area contributed by atoms with Gasteiger partial charge in [0.05, 0.1) is 17.2 Å². The van der Waals surface area contributed by atoms with Gasteiger partial charge in [-0.3, -0.25) is 9.38 Å². The first kappa shape index (κ1) is 21.4. The average molecular weight is 458 g/mol. The Morgan fingerprint density at radius 3 is 2.41 bits per heavy atom. The topological polar surface area (TPSA) is 71.7 Å². The Bertz CT molecular complexity index is 1290. The van der Waals surface area contributed by atoms with Crippen LogP contribution in [0.3, 0.4) is 0 Å². The van der Waals surface area contributed by atoms with Crippen molar-refractivity contribution in [2.75, 3.05) is 45.3 Å². The highest BCUT2D eigenvalue weighted by Crippen LogP contribution is 2.30. The predicted octanol–water partition coefficient (Wildman–Crippen LogP) is 3.76. The van der Waals surface area contributed by atoms with Crippen molar-refractivity contribution in [2.45, 2.75) is 37.6 Å². The van der Waals surface area contributed by atoms with Gasteiger partial charge in [-0.2, -0.15) is 0 Å². The van der Waals surface area contributed by atoms with Crippen molar-refractivity contribution in [2.24, 2.45) is 0 Å².